The fourth-order valence-electron chi connectivity index (χ4n) is 4.70. The highest BCUT2D eigenvalue weighted by Crippen LogP contribution is 2.48. The number of para-hydroxylation sites is 1. The number of fused-ring (bicyclic) bond motifs is 1. The lowest BCUT2D eigenvalue weighted by Crippen LogP contribution is -2.42. The lowest BCUT2D eigenvalue weighted by atomic mass is 9.99. The van der Waals surface area contributed by atoms with Crippen molar-refractivity contribution in [3.63, 3.8) is 0 Å². The third-order valence-corrected chi connectivity index (χ3v) is 8.09. The number of methoxy groups -OCH3 is 1. The fraction of sp³-hybridized carbons (Fsp3) is 0.233. The number of hydrogen-bond acceptors (Lipinski definition) is 5. The molecule has 1 atom stereocenters. The molecule has 2 amide bonds. The Balaban J connectivity index is 1.72. The van der Waals surface area contributed by atoms with Crippen molar-refractivity contribution in [2.24, 2.45) is 0 Å². The van der Waals surface area contributed by atoms with Gasteiger partial charge >= 0.3 is 0 Å². The number of thioether (sulfide) groups is 1. The van der Waals surface area contributed by atoms with Crippen molar-refractivity contribution < 1.29 is 18.7 Å². The van der Waals surface area contributed by atoms with Crippen LogP contribution in [0.3, 0.4) is 0 Å². The summed E-state index contributed by atoms with van der Waals surface area (Å²) in [5.74, 6) is -0.419. The second-order valence-electron chi connectivity index (χ2n) is 9.24. The van der Waals surface area contributed by atoms with Crippen LogP contribution in [0.25, 0.3) is 16.9 Å². The van der Waals surface area contributed by atoms with E-state index in [2.05, 4.69) is 5.32 Å². The third-order valence-electron chi connectivity index (χ3n) is 6.52. The van der Waals surface area contributed by atoms with Gasteiger partial charge in [-0.25, -0.2) is 9.07 Å². The van der Waals surface area contributed by atoms with Gasteiger partial charge < -0.3 is 10.1 Å². The van der Waals surface area contributed by atoms with E-state index in [1.165, 1.54) is 28.8 Å². The molecule has 0 bridgehead atoms. The molecule has 1 aliphatic rings. The average Bonchev–Trinajstić information content (AvgIpc) is 3.28. The molecular formula is C30H28ClFN4O3S. The molecule has 1 unspecified atom stereocenters. The third kappa shape index (κ3) is 5.91. The maximum atomic E-state index is 14.5. The first-order valence-electron chi connectivity index (χ1n) is 12.8. The first kappa shape index (κ1) is 27.9. The Hall–Kier alpha value is -3.66. The standard InChI is InChI=1S/C30H28ClFN4O3S/c1-39-16-8-15-33-25(37)18-35-26(38)19-40-29(21-11-7-12-22(32)17-21)27-28(20-9-3-2-4-10-20)34-36(30(27)35)24-14-6-5-13-23(24)31/h2-7,9-14,17,29H,8,15-16,18-19H2,1H3,(H,33,37). The summed E-state index contributed by atoms with van der Waals surface area (Å²) in [5.41, 5.74) is 3.41. The van der Waals surface area contributed by atoms with Gasteiger partial charge in [-0.05, 0) is 36.2 Å². The number of carbonyl (C=O) groups is 2. The van der Waals surface area contributed by atoms with Crippen LogP contribution in [0, 0.1) is 5.82 Å². The van der Waals surface area contributed by atoms with E-state index in [-0.39, 0.29) is 29.9 Å². The number of benzene rings is 3. The molecule has 5 rings (SSSR count). The van der Waals surface area contributed by atoms with Gasteiger partial charge in [0.05, 0.1) is 27.4 Å². The normalized spacial score (nSPS) is 15.0. The number of anilines is 1. The van der Waals surface area contributed by atoms with Crippen LogP contribution in [-0.4, -0.2) is 54.2 Å². The summed E-state index contributed by atoms with van der Waals surface area (Å²) < 4.78 is 21.2. The molecular weight excluding hydrogens is 551 g/mol. The van der Waals surface area contributed by atoms with Crippen molar-refractivity contribution in [3.8, 4) is 16.9 Å². The van der Waals surface area contributed by atoms with Crippen LogP contribution < -0.4 is 10.2 Å². The molecule has 4 aromatic rings. The average molecular weight is 579 g/mol. The molecule has 1 aliphatic heterocycles. The van der Waals surface area contributed by atoms with Crippen molar-refractivity contribution in [1.82, 2.24) is 15.1 Å². The summed E-state index contributed by atoms with van der Waals surface area (Å²) in [5, 5.41) is 7.86. The second kappa shape index (κ2) is 12.7. The molecule has 0 spiro atoms. The summed E-state index contributed by atoms with van der Waals surface area (Å²) in [6, 6.07) is 23.2. The first-order chi connectivity index (χ1) is 19.5. The molecule has 40 heavy (non-hydrogen) atoms. The number of carbonyl (C=O) groups excluding carboxylic acids is 2. The Morgan fingerprint density at radius 2 is 1.90 bits per heavy atom. The highest BCUT2D eigenvalue weighted by atomic mass is 35.5. The summed E-state index contributed by atoms with van der Waals surface area (Å²) in [6.07, 6.45) is 0.647. The molecule has 10 heteroatoms. The number of aromatic nitrogens is 2. The summed E-state index contributed by atoms with van der Waals surface area (Å²) in [4.78, 5) is 28.2. The number of halogens is 2. The zero-order valence-electron chi connectivity index (χ0n) is 21.8. The minimum absolute atomic E-state index is 0.0869. The Bertz CT molecular complexity index is 1510. The van der Waals surface area contributed by atoms with Crippen LogP contribution in [-0.2, 0) is 14.3 Å². The highest BCUT2D eigenvalue weighted by Gasteiger charge is 2.38. The molecule has 0 saturated heterocycles. The van der Waals surface area contributed by atoms with Crippen LogP contribution in [0.1, 0.15) is 22.8 Å². The Kier molecular flexibility index (Phi) is 8.84. The number of rotatable bonds is 9. The Morgan fingerprint density at radius 1 is 1.12 bits per heavy atom. The van der Waals surface area contributed by atoms with E-state index in [0.717, 1.165) is 5.56 Å². The minimum atomic E-state index is -0.434. The van der Waals surface area contributed by atoms with E-state index < -0.39 is 5.25 Å². The lowest BCUT2D eigenvalue weighted by Gasteiger charge is -2.23. The van der Waals surface area contributed by atoms with Crippen molar-refractivity contribution in [2.75, 3.05) is 37.5 Å². The largest absolute Gasteiger partial charge is 0.385 e. The molecule has 0 fully saturated rings. The van der Waals surface area contributed by atoms with Gasteiger partial charge in [0.15, 0.2) is 0 Å². The summed E-state index contributed by atoms with van der Waals surface area (Å²) in [6.45, 7) is 0.722. The van der Waals surface area contributed by atoms with Gasteiger partial charge in [0.2, 0.25) is 11.8 Å². The van der Waals surface area contributed by atoms with Crippen molar-refractivity contribution >= 4 is 41.0 Å². The highest BCUT2D eigenvalue weighted by molar-refractivity contribution is 8.00. The number of nitrogens with zero attached hydrogens (tertiary/aromatic N) is 3. The smallest absolute Gasteiger partial charge is 0.240 e. The van der Waals surface area contributed by atoms with E-state index >= 15 is 0 Å². The van der Waals surface area contributed by atoms with Crippen LogP contribution in [0.2, 0.25) is 5.02 Å². The molecule has 1 N–H and O–H groups in total. The molecule has 3 aromatic carbocycles. The van der Waals surface area contributed by atoms with E-state index in [1.807, 2.05) is 54.6 Å². The Labute approximate surface area is 241 Å². The van der Waals surface area contributed by atoms with Gasteiger partial charge in [-0.15, -0.1) is 11.8 Å². The van der Waals surface area contributed by atoms with Gasteiger partial charge in [-0.1, -0.05) is 66.2 Å². The topological polar surface area (TPSA) is 76.5 Å². The van der Waals surface area contributed by atoms with Crippen LogP contribution in [0.15, 0.2) is 78.9 Å². The predicted molar refractivity (Wildman–Crippen MR) is 157 cm³/mol. The lowest BCUT2D eigenvalue weighted by molar-refractivity contribution is -0.122. The molecule has 0 radical (unpaired) electrons. The summed E-state index contributed by atoms with van der Waals surface area (Å²) >= 11 is 8.03. The number of nitrogens with one attached hydrogen (secondary N) is 1. The maximum absolute atomic E-state index is 14.5. The van der Waals surface area contributed by atoms with E-state index in [4.69, 9.17) is 21.4 Å². The van der Waals surface area contributed by atoms with Gasteiger partial charge in [0, 0.05) is 31.4 Å². The van der Waals surface area contributed by atoms with Crippen molar-refractivity contribution in [1.29, 1.82) is 0 Å². The molecule has 206 valence electrons. The van der Waals surface area contributed by atoms with Crippen molar-refractivity contribution in [3.05, 3.63) is 101 Å². The van der Waals surface area contributed by atoms with Gasteiger partial charge in [-0.3, -0.25) is 14.5 Å². The number of hydrogen-bond donors (Lipinski definition) is 1. The zero-order chi connectivity index (χ0) is 28.1. The van der Waals surface area contributed by atoms with E-state index in [0.29, 0.717) is 52.9 Å². The monoisotopic (exact) mass is 578 g/mol. The molecule has 0 aliphatic carbocycles. The Morgan fingerprint density at radius 3 is 2.65 bits per heavy atom. The molecule has 2 heterocycles. The quantitative estimate of drug-likeness (QED) is 0.260. The van der Waals surface area contributed by atoms with Crippen LogP contribution >= 0.6 is 23.4 Å². The SMILES string of the molecule is COCCCNC(=O)CN1C(=O)CSC(c2cccc(F)c2)c2c(-c3ccccc3)nn(-c3ccccc3Cl)c21. The summed E-state index contributed by atoms with van der Waals surface area (Å²) in [7, 11) is 1.60. The molecule has 0 saturated carbocycles. The second-order valence-corrected chi connectivity index (χ2v) is 10.7. The van der Waals surface area contributed by atoms with E-state index in [9.17, 15) is 14.0 Å². The zero-order valence-corrected chi connectivity index (χ0v) is 23.4. The molecule has 1 aromatic heterocycles. The first-order valence-corrected chi connectivity index (χ1v) is 14.3. The van der Waals surface area contributed by atoms with Gasteiger partial charge in [0.25, 0.3) is 0 Å². The van der Waals surface area contributed by atoms with Crippen LogP contribution in [0.5, 0.6) is 0 Å². The van der Waals surface area contributed by atoms with Gasteiger partial charge in [0.1, 0.15) is 18.2 Å². The fourth-order valence-corrected chi connectivity index (χ4v) is 6.10. The number of amides is 2. The predicted octanol–water partition coefficient (Wildman–Crippen LogP) is 5.65. The van der Waals surface area contributed by atoms with Crippen molar-refractivity contribution in [2.45, 2.75) is 11.7 Å². The minimum Gasteiger partial charge on any atom is -0.385 e. The van der Waals surface area contributed by atoms with Crippen LogP contribution in [0.4, 0.5) is 10.2 Å². The molecule has 7 nitrogen and oxygen atoms in total. The maximum Gasteiger partial charge on any atom is 0.240 e. The van der Waals surface area contributed by atoms with E-state index in [1.54, 1.807) is 23.9 Å². The number of ether oxygens (including phenoxy) is 1. The van der Waals surface area contributed by atoms with Gasteiger partial charge in [-0.2, -0.15) is 5.10 Å².